The van der Waals surface area contributed by atoms with Crippen LogP contribution in [0.5, 0.6) is 0 Å². The molecule has 0 aliphatic rings. The van der Waals surface area contributed by atoms with E-state index in [1.165, 1.54) is 0 Å². The van der Waals surface area contributed by atoms with E-state index in [0.29, 0.717) is 6.61 Å². The monoisotopic (exact) mass is 179 g/mol. The summed E-state index contributed by atoms with van der Waals surface area (Å²) < 4.78 is 4.95. The fourth-order valence-corrected chi connectivity index (χ4v) is 0.616. The van der Waals surface area contributed by atoms with Gasteiger partial charge in [-0.25, -0.2) is 0 Å². The fourth-order valence-electron chi connectivity index (χ4n) is 0.616. The summed E-state index contributed by atoms with van der Waals surface area (Å²) >= 11 is 0. The summed E-state index contributed by atoms with van der Waals surface area (Å²) in [6.07, 6.45) is 1.67. The Kier molecular flexibility index (Phi) is 6.61. The first kappa shape index (κ1) is 11.7. The third kappa shape index (κ3) is 7.07. The van der Waals surface area contributed by atoms with Gasteiger partial charge in [-0.15, -0.1) is 0 Å². The van der Waals surface area contributed by atoms with Crippen molar-refractivity contribution in [1.82, 2.24) is 5.32 Å². The molecule has 0 spiro atoms. The molecule has 69 valence electrons. The topological polar surface area (TPSA) is 62.1 Å². The van der Waals surface area contributed by atoms with Crippen LogP contribution in [0.4, 0.5) is 0 Å². The minimum absolute atomic E-state index is 0.0336. The Morgan fingerprint density at radius 2 is 2.38 bits per heavy atom. The van der Waals surface area contributed by atoms with Crippen LogP contribution in [0.3, 0.4) is 0 Å². The van der Waals surface area contributed by atoms with Crippen LogP contribution in [0, 0.1) is 11.3 Å². The van der Waals surface area contributed by atoms with Crippen molar-refractivity contribution in [2.24, 2.45) is 0 Å². The summed E-state index contributed by atoms with van der Waals surface area (Å²) in [6, 6.07) is 1.70. The van der Waals surface area contributed by atoms with Gasteiger partial charge in [0.2, 0.25) is 0 Å². The van der Waals surface area contributed by atoms with Gasteiger partial charge in [0.25, 0.3) is 0 Å². The van der Waals surface area contributed by atoms with Crippen molar-refractivity contribution < 1.29 is 9.53 Å². The van der Waals surface area contributed by atoms with E-state index in [1.54, 1.807) is 6.07 Å². The number of nitriles is 1. The molecule has 0 rings (SSSR count). The van der Waals surface area contributed by atoms with E-state index in [1.807, 2.05) is 6.92 Å². The zero-order valence-electron chi connectivity index (χ0n) is 7.67. The number of ether oxygens (including phenoxy) is 1. The second-order valence-corrected chi connectivity index (χ2v) is 2.45. The van der Waals surface area contributed by atoms with Gasteiger partial charge in [0.05, 0.1) is 0 Å². The number of unbranched alkanes of at least 4 members (excludes halogenated alkanes) is 1. The average Bonchev–Trinajstić information content (AvgIpc) is 2.05. The summed E-state index contributed by atoms with van der Waals surface area (Å²) in [6.45, 7) is 2.50. The van der Waals surface area contributed by atoms with Crippen molar-refractivity contribution in [3.05, 3.63) is 0 Å². The first-order valence-electron chi connectivity index (χ1n) is 4.12. The summed E-state index contributed by atoms with van der Waals surface area (Å²) in [5.74, 6) is -0.481. The molecule has 1 radical (unpaired) electrons. The van der Waals surface area contributed by atoms with Gasteiger partial charge >= 0.3 is 78.1 Å². The molecular weight excluding hydrogens is 167 g/mol. The zero-order valence-corrected chi connectivity index (χ0v) is 7.67. The molecule has 0 saturated carbocycles. The van der Waals surface area contributed by atoms with Gasteiger partial charge in [0, 0.05) is 0 Å². The molecule has 13 heavy (non-hydrogen) atoms. The Labute approximate surface area is 79.0 Å². The van der Waals surface area contributed by atoms with Crippen molar-refractivity contribution in [2.75, 3.05) is 6.61 Å². The minimum atomic E-state index is -0.448. The molecule has 0 atom stereocenters. The third-order valence-electron chi connectivity index (χ3n) is 1.26. The van der Waals surface area contributed by atoms with Gasteiger partial charge in [-0.1, -0.05) is 0 Å². The Balaban J connectivity index is 3.51. The maximum atomic E-state index is 10.8. The number of carbonyl (C=O) groups excluding carboxylic acids is 1. The van der Waals surface area contributed by atoms with Gasteiger partial charge < -0.3 is 0 Å². The predicted octanol–water partition coefficient (Wildman–Crippen LogP) is 0.0889. The average molecular weight is 179 g/mol. The summed E-state index contributed by atoms with van der Waals surface area (Å²) in [5.41, 5.74) is 0. The number of hydrogen-bond donors (Lipinski definition) is 1. The van der Waals surface area contributed by atoms with Crippen molar-refractivity contribution in [3.8, 4) is 6.07 Å². The molecular formula is C8H12BN2O2. The maximum absolute atomic E-state index is 10.8. The van der Waals surface area contributed by atoms with Gasteiger partial charge in [0.15, 0.2) is 0 Å². The van der Waals surface area contributed by atoms with Crippen LogP contribution < -0.4 is 5.32 Å². The molecule has 0 bridgehead atoms. The summed E-state index contributed by atoms with van der Waals surface area (Å²) in [4.78, 5) is 10.8. The number of amides is 1. The van der Waals surface area contributed by atoms with Crippen LogP contribution in [-0.4, -0.2) is 25.8 Å². The number of rotatable bonds is 6. The standard InChI is InChI=1S/C8H12BN2O2/c1-2-3-6-13-8(9)11-7(12)4-5-10/h2-4,6H2,1H3,(H,11,12). The molecule has 4 nitrogen and oxygen atoms in total. The molecule has 0 unspecified atom stereocenters. The summed E-state index contributed by atoms with van der Waals surface area (Å²) in [5, 5.41) is 10.4. The molecule has 0 fully saturated rings. The molecule has 0 saturated heterocycles. The van der Waals surface area contributed by atoms with Crippen molar-refractivity contribution in [1.29, 1.82) is 5.26 Å². The van der Waals surface area contributed by atoms with Gasteiger partial charge in [0.1, 0.15) is 0 Å². The quantitative estimate of drug-likeness (QED) is 0.464. The normalized spacial score (nSPS) is 8.54. The Morgan fingerprint density at radius 1 is 1.69 bits per heavy atom. The SMILES string of the molecule is [B]=C(NC(=O)CC#N)OCCCC. The van der Waals surface area contributed by atoms with Crippen LogP contribution in [0.1, 0.15) is 26.2 Å². The zero-order chi connectivity index (χ0) is 10.1. The molecule has 1 N–H and O–H groups in total. The molecule has 5 heteroatoms. The van der Waals surface area contributed by atoms with Crippen LogP contribution in [0.2, 0.25) is 0 Å². The van der Waals surface area contributed by atoms with Gasteiger partial charge in [-0.3, -0.25) is 0 Å². The number of nitrogens with zero attached hydrogens (tertiary/aromatic N) is 1. The predicted molar refractivity (Wildman–Crippen MR) is 50.0 cm³/mol. The summed E-state index contributed by atoms with van der Waals surface area (Å²) in [7, 11) is 5.30. The van der Waals surface area contributed by atoms with Gasteiger partial charge in [-0.2, -0.15) is 0 Å². The van der Waals surface area contributed by atoms with E-state index in [4.69, 9.17) is 17.5 Å². The second kappa shape index (κ2) is 7.35. The van der Waals surface area contributed by atoms with E-state index >= 15 is 0 Å². The van der Waals surface area contributed by atoms with Crippen LogP contribution in [-0.2, 0) is 9.53 Å². The Hall–Kier alpha value is -1.31. The van der Waals surface area contributed by atoms with E-state index in [-0.39, 0.29) is 12.2 Å². The van der Waals surface area contributed by atoms with Crippen molar-refractivity contribution in [3.63, 3.8) is 0 Å². The molecule has 0 aromatic heterocycles. The molecule has 0 aromatic rings. The van der Waals surface area contributed by atoms with Gasteiger partial charge in [-0.05, 0) is 0 Å². The third-order valence-corrected chi connectivity index (χ3v) is 1.26. The van der Waals surface area contributed by atoms with Crippen molar-refractivity contribution in [2.45, 2.75) is 26.2 Å². The van der Waals surface area contributed by atoms with E-state index < -0.39 is 5.91 Å². The van der Waals surface area contributed by atoms with E-state index in [2.05, 4.69) is 5.32 Å². The second-order valence-electron chi connectivity index (χ2n) is 2.45. The number of carbonyl (C=O) groups is 1. The number of nitrogens with one attached hydrogen (secondary N) is 1. The molecule has 1 amide bonds. The fraction of sp³-hybridized carbons (Fsp3) is 0.625. The Morgan fingerprint density at radius 3 is 2.92 bits per heavy atom. The van der Waals surface area contributed by atoms with Crippen molar-refractivity contribution >= 4 is 19.2 Å². The molecule has 0 aliphatic heterocycles. The first-order valence-corrected chi connectivity index (χ1v) is 4.12. The molecule has 0 heterocycles. The molecule has 0 aromatic carbocycles. The number of hydrogen-bond acceptors (Lipinski definition) is 3. The van der Waals surface area contributed by atoms with Crippen LogP contribution >= 0.6 is 0 Å². The Bertz CT molecular complexity index is 223. The van der Waals surface area contributed by atoms with Crippen LogP contribution in [0.25, 0.3) is 0 Å². The van der Waals surface area contributed by atoms with E-state index in [0.717, 1.165) is 12.8 Å². The van der Waals surface area contributed by atoms with Crippen LogP contribution in [0.15, 0.2) is 0 Å². The first-order chi connectivity index (χ1) is 6.20. The molecule has 0 aliphatic carbocycles. The van der Waals surface area contributed by atoms with E-state index in [9.17, 15) is 4.79 Å².